The second-order valence-electron chi connectivity index (χ2n) is 4.41. The van der Waals surface area contributed by atoms with Gasteiger partial charge in [0.25, 0.3) is 0 Å². The molecular weight excluding hydrogens is 172 g/mol. The second kappa shape index (κ2) is 3.26. The molecule has 2 atom stereocenters. The molecule has 1 N–H and O–H groups in total. The Hall–Kier alpha value is -1.05. The highest BCUT2D eigenvalue weighted by atomic mass is 15.1. The van der Waals surface area contributed by atoms with E-state index >= 15 is 0 Å². The molecule has 14 heavy (non-hydrogen) atoms. The fourth-order valence-corrected chi connectivity index (χ4v) is 2.49. The average molecular weight is 190 g/mol. The van der Waals surface area contributed by atoms with Crippen LogP contribution in [0.25, 0.3) is 5.57 Å². The Morgan fingerprint density at radius 3 is 2.93 bits per heavy atom. The van der Waals surface area contributed by atoms with Gasteiger partial charge in [0, 0.05) is 17.2 Å². The van der Waals surface area contributed by atoms with Crippen LogP contribution in [0.2, 0.25) is 0 Å². The van der Waals surface area contributed by atoms with Gasteiger partial charge in [-0.3, -0.25) is 5.10 Å². The zero-order chi connectivity index (χ0) is 10.3. The van der Waals surface area contributed by atoms with E-state index in [9.17, 15) is 0 Å². The first-order valence-electron chi connectivity index (χ1n) is 5.38. The lowest BCUT2D eigenvalue weighted by Gasteiger charge is -2.12. The van der Waals surface area contributed by atoms with Crippen molar-refractivity contribution in [3.05, 3.63) is 23.5 Å². The van der Waals surface area contributed by atoms with E-state index in [2.05, 4.69) is 30.6 Å². The van der Waals surface area contributed by atoms with E-state index in [0.717, 1.165) is 17.2 Å². The number of aromatic nitrogens is 2. The molecule has 2 rings (SSSR count). The van der Waals surface area contributed by atoms with E-state index in [0.29, 0.717) is 5.92 Å². The Labute approximate surface area is 85.4 Å². The lowest BCUT2D eigenvalue weighted by molar-refractivity contribution is 0.459. The number of aromatic amines is 1. The van der Waals surface area contributed by atoms with Crippen molar-refractivity contribution in [2.75, 3.05) is 0 Å². The van der Waals surface area contributed by atoms with Gasteiger partial charge in [0.15, 0.2) is 0 Å². The van der Waals surface area contributed by atoms with Gasteiger partial charge in [-0.05, 0) is 24.8 Å². The predicted octanol–water partition coefficient (Wildman–Crippen LogP) is 3.13. The summed E-state index contributed by atoms with van der Waals surface area (Å²) in [4.78, 5) is 0. The molecule has 1 aromatic rings. The van der Waals surface area contributed by atoms with Crippen molar-refractivity contribution < 1.29 is 0 Å². The Morgan fingerprint density at radius 2 is 2.36 bits per heavy atom. The maximum Gasteiger partial charge on any atom is 0.0906 e. The molecule has 2 heteroatoms. The molecule has 0 fully saturated rings. The van der Waals surface area contributed by atoms with Crippen molar-refractivity contribution in [1.29, 1.82) is 0 Å². The highest BCUT2D eigenvalue weighted by molar-refractivity contribution is 5.62. The van der Waals surface area contributed by atoms with Crippen molar-refractivity contribution >= 4 is 5.57 Å². The van der Waals surface area contributed by atoms with Gasteiger partial charge in [-0.15, -0.1) is 0 Å². The van der Waals surface area contributed by atoms with Gasteiger partial charge in [-0.2, -0.15) is 5.10 Å². The Kier molecular flexibility index (Phi) is 2.22. The van der Waals surface area contributed by atoms with Crippen LogP contribution in [0.3, 0.4) is 0 Å². The molecule has 0 amide bonds. The van der Waals surface area contributed by atoms with Gasteiger partial charge >= 0.3 is 0 Å². The van der Waals surface area contributed by atoms with E-state index in [4.69, 9.17) is 0 Å². The normalized spacial score (nSPS) is 25.1. The monoisotopic (exact) mass is 190 g/mol. The molecule has 2 nitrogen and oxygen atoms in total. The summed E-state index contributed by atoms with van der Waals surface area (Å²) in [6, 6.07) is 0. The molecule has 0 radical (unpaired) electrons. The van der Waals surface area contributed by atoms with Crippen LogP contribution >= 0.6 is 0 Å². The van der Waals surface area contributed by atoms with Gasteiger partial charge in [-0.25, -0.2) is 0 Å². The summed E-state index contributed by atoms with van der Waals surface area (Å²) in [5.74, 6) is 1.42. The fourth-order valence-electron chi connectivity index (χ4n) is 2.49. The highest BCUT2D eigenvalue weighted by Crippen LogP contribution is 2.40. The third kappa shape index (κ3) is 1.21. The molecule has 1 aliphatic rings. The number of rotatable bonds is 2. The standard InChI is InChI=1S/C12H18N2/c1-5-9-6-10-11(7(2)3)13-14-12(10)8(9)4/h8-9H,2,5-6H2,1,3-4H3,(H,13,14)/t8?,9-/m1/s1. The molecule has 0 aromatic carbocycles. The molecular formula is C12H18N2. The quantitative estimate of drug-likeness (QED) is 0.762. The first-order valence-corrected chi connectivity index (χ1v) is 5.38. The van der Waals surface area contributed by atoms with Crippen LogP contribution in [-0.4, -0.2) is 10.2 Å². The van der Waals surface area contributed by atoms with Crippen LogP contribution in [0, 0.1) is 5.92 Å². The molecule has 1 heterocycles. The number of hydrogen-bond donors (Lipinski definition) is 1. The van der Waals surface area contributed by atoms with E-state index in [1.807, 2.05) is 6.92 Å². The van der Waals surface area contributed by atoms with Gasteiger partial charge in [0.05, 0.1) is 5.69 Å². The smallest absolute Gasteiger partial charge is 0.0906 e. The number of hydrogen-bond acceptors (Lipinski definition) is 1. The molecule has 0 bridgehead atoms. The van der Waals surface area contributed by atoms with Crippen LogP contribution in [0.1, 0.15) is 50.1 Å². The summed E-state index contributed by atoms with van der Waals surface area (Å²) in [6.07, 6.45) is 2.42. The molecule has 0 aliphatic heterocycles. The molecule has 76 valence electrons. The van der Waals surface area contributed by atoms with Crippen LogP contribution in [0.5, 0.6) is 0 Å². The van der Waals surface area contributed by atoms with E-state index in [-0.39, 0.29) is 0 Å². The third-order valence-corrected chi connectivity index (χ3v) is 3.46. The average Bonchev–Trinajstić information content (AvgIpc) is 2.66. The van der Waals surface area contributed by atoms with Crippen molar-refractivity contribution in [1.82, 2.24) is 10.2 Å². The number of fused-ring (bicyclic) bond motifs is 1. The molecule has 0 saturated carbocycles. The number of nitrogens with one attached hydrogen (secondary N) is 1. The van der Waals surface area contributed by atoms with Crippen LogP contribution in [-0.2, 0) is 6.42 Å². The first-order chi connectivity index (χ1) is 6.65. The largest absolute Gasteiger partial charge is 0.281 e. The minimum absolute atomic E-state index is 0.635. The first kappa shape index (κ1) is 9.50. The number of allylic oxidation sites excluding steroid dienone is 1. The number of nitrogens with zero attached hydrogens (tertiary/aromatic N) is 1. The Morgan fingerprint density at radius 1 is 1.64 bits per heavy atom. The summed E-state index contributed by atoms with van der Waals surface area (Å²) in [5.41, 5.74) is 4.93. The lowest BCUT2D eigenvalue weighted by Crippen LogP contribution is -2.04. The minimum atomic E-state index is 0.635. The van der Waals surface area contributed by atoms with Gasteiger partial charge in [-0.1, -0.05) is 26.8 Å². The molecule has 0 spiro atoms. The van der Waals surface area contributed by atoms with Crippen LogP contribution in [0.4, 0.5) is 0 Å². The van der Waals surface area contributed by atoms with Gasteiger partial charge in [0.2, 0.25) is 0 Å². The fraction of sp³-hybridized carbons (Fsp3) is 0.583. The maximum absolute atomic E-state index is 4.33. The Bertz CT molecular complexity index is 362. The van der Waals surface area contributed by atoms with Crippen LogP contribution in [0.15, 0.2) is 6.58 Å². The van der Waals surface area contributed by atoms with E-state index in [1.54, 1.807) is 0 Å². The van der Waals surface area contributed by atoms with Crippen molar-refractivity contribution in [2.24, 2.45) is 5.92 Å². The van der Waals surface area contributed by atoms with E-state index < -0.39 is 0 Å². The van der Waals surface area contributed by atoms with E-state index in [1.165, 1.54) is 24.1 Å². The second-order valence-corrected chi connectivity index (χ2v) is 4.41. The van der Waals surface area contributed by atoms with Crippen molar-refractivity contribution in [3.8, 4) is 0 Å². The zero-order valence-electron chi connectivity index (χ0n) is 9.22. The number of H-pyrrole nitrogens is 1. The summed E-state index contributed by atoms with van der Waals surface area (Å²) >= 11 is 0. The highest BCUT2D eigenvalue weighted by Gasteiger charge is 2.32. The van der Waals surface area contributed by atoms with Crippen molar-refractivity contribution in [3.63, 3.8) is 0 Å². The SMILES string of the molecule is C=C(C)c1n[nH]c2c1C[C@@H](CC)C2C. The molecule has 1 aromatic heterocycles. The Balaban J connectivity index is 2.39. The summed E-state index contributed by atoms with van der Waals surface area (Å²) in [7, 11) is 0. The molecule has 1 unspecified atom stereocenters. The third-order valence-electron chi connectivity index (χ3n) is 3.46. The summed E-state index contributed by atoms with van der Waals surface area (Å²) in [6.45, 7) is 10.6. The molecule has 0 saturated heterocycles. The topological polar surface area (TPSA) is 28.7 Å². The zero-order valence-corrected chi connectivity index (χ0v) is 9.22. The van der Waals surface area contributed by atoms with Crippen molar-refractivity contribution in [2.45, 2.75) is 39.5 Å². The summed E-state index contributed by atoms with van der Waals surface area (Å²) < 4.78 is 0. The minimum Gasteiger partial charge on any atom is -0.281 e. The van der Waals surface area contributed by atoms with Gasteiger partial charge in [0.1, 0.15) is 0 Å². The van der Waals surface area contributed by atoms with Crippen LogP contribution < -0.4 is 0 Å². The maximum atomic E-state index is 4.33. The van der Waals surface area contributed by atoms with Gasteiger partial charge < -0.3 is 0 Å². The molecule has 1 aliphatic carbocycles. The lowest BCUT2D eigenvalue weighted by atomic mass is 9.94. The summed E-state index contributed by atoms with van der Waals surface area (Å²) in [5, 5.41) is 7.50. The predicted molar refractivity (Wildman–Crippen MR) is 59.2 cm³/mol.